The summed E-state index contributed by atoms with van der Waals surface area (Å²) in [5.74, 6) is -4.72. The molecule has 52 heavy (non-hydrogen) atoms. The third-order valence-corrected chi connectivity index (χ3v) is 11.9. The van der Waals surface area contributed by atoms with Crippen LogP contribution in [0.1, 0.15) is 42.4 Å². The van der Waals surface area contributed by atoms with Gasteiger partial charge in [-0.05, 0) is 96.5 Å². The Balaban J connectivity index is 1.31. The second kappa shape index (κ2) is 12.8. The maximum absolute atomic E-state index is 15.3. The molecule has 2 aliphatic carbocycles. The molecule has 4 aromatic carbocycles. The molecule has 0 radical (unpaired) electrons. The highest BCUT2D eigenvalue weighted by Crippen LogP contribution is 2.64. The zero-order chi connectivity index (χ0) is 36.5. The second-order valence-corrected chi connectivity index (χ2v) is 14.7. The lowest BCUT2D eigenvalue weighted by molar-refractivity contribution is -0.138. The van der Waals surface area contributed by atoms with Crippen LogP contribution in [0.2, 0.25) is 10.0 Å². The summed E-state index contributed by atoms with van der Waals surface area (Å²) >= 11 is 12.7. The van der Waals surface area contributed by atoms with Gasteiger partial charge < -0.3 is 9.84 Å². The molecule has 0 spiro atoms. The third kappa shape index (κ3) is 5.04. The monoisotopic (exact) mass is 735 g/mol. The number of aryl methyl sites for hydroxylation is 1. The van der Waals surface area contributed by atoms with Gasteiger partial charge in [0, 0.05) is 10.9 Å². The first-order valence-electron chi connectivity index (χ1n) is 17.3. The van der Waals surface area contributed by atoms with Gasteiger partial charge in [0.1, 0.15) is 11.5 Å². The summed E-state index contributed by atoms with van der Waals surface area (Å²) in [4.78, 5) is 60.0. The number of ether oxygens (including phenoxy) is 1. The van der Waals surface area contributed by atoms with E-state index in [1.54, 1.807) is 73.8 Å². The lowest BCUT2D eigenvalue weighted by atomic mass is 9.49. The first-order valence-corrected chi connectivity index (χ1v) is 18.0. The molecule has 11 heteroatoms. The van der Waals surface area contributed by atoms with E-state index in [1.165, 1.54) is 11.0 Å². The molecule has 6 unspecified atom stereocenters. The zero-order valence-electron chi connectivity index (χ0n) is 28.4. The lowest BCUT2D eigenvalue weighted by Gasteiger charge is -2.50. The SMILES string of the molecule is CCc1ccc(N2C(=O)C3CC=C4C(CC5C(=O)N(Nc6ccc(Cl)cc6Cl)C(=O)C5(c5ccc(OC)cc5)C4c4cccc(O)c4)C3C2=O)cc1. The number of nitrogens with zero attached hydrogens (tertiary/aromatic N) is 2. The lowest BCUT2D eigenvalue weighted by Crippen LogP contribution is -2.53. The number of nitrogens with one attached hydrogen (secondary N) is 1. The number of aromatic hydroxyl groups is 1. The largest absolute Gasteiger partial charge is 0.508 e. The van der Waals surface area contributed by atoms with Crippen molar-refractivity contribution >= 4 is 58.2 Å². The molecule has 4 amide bonds. The fourth-order valence-corrected chi connectivity index (χ4v) is 9.51. The number of fused-ring (bicyclic) bond motifs is 4. The van der Waals surface area contributed by atoms with Gasteiger partial charge in [-0.1, -0.05) is 78.2 Å². The van der Waals surface area contributed by atoms with E-state index in [0.29, 0.717) is 33.3 Å². The first-order chi connectivity index (χ1) is 25.1. The number of hydrazine groups is 1. The van der Waals surface area contributed by atoms with Gasteiger partial charge in [0.05, 0.1) is 46.7 Å². The van der Waals surface area contributed by atoms with Gasteiger partial charge in [-0.3, -0.25) is 29.5 Å². The summed E-state index contributed by atoms with van der Waals surface area (Å²) in [7, 11) is 1.55. The Bertz CT molecular complexity index is 2170. The molecule has 1 saturated carbocycles. The van der Waals surface area contributed by atoms with Crippen LogP contribution in [0.5, 0.6) is 11.5 Å². The number of imide groups is 2. The number of allylic oxidation sites excluding steroid dienone is 2. The molecule has 0 aromatic heterocycles. The number of carbonyl (C=O) groups is 4. The van der Waals surface area contributed by atoms with E-state index >= 15 is 4.79 Å². The van der Waals surface area contributed by atoms with E-state index in [1.807, 2.05) is 31.2 Å². The van der Waals surface area contributed by atoms with E-state index in [9.17, 15) is 19.5 Å². The molecule has 4 aliphatic rings. The van der Waals surface area contributed by atoms with Crippen molar-refractivity contribution in [3.05, 3.63) is 129 Å². The number of amides is 4. The van der Waals surface area contributed by atoms with Crippen molar-refractivity contribution in [3.8, 4) is 11.5 Å². The van der Waals surface area contributed by atoms with Gasteiger partial charge in [0.15, 0.2) is 0 Å². The van der Waals surface area contributed by atoms with Gasteiger partial charge in [-0.2, -0.15) is 5.01 Å². The number of phenolic OH excluding ortho intramolecular Hbond substituents is 1. The minimum absolute atomic E-state index is 0.0103. The Morgan fingerprint density at radius 2 is 1.63 bits per heavy atom. The Morgan fingerprint density at radius 1 is 0.885 bits per heavy atom. The van der Waals surface area contributed by atoms with Crippen molar-refractivity contribution in [1.82, 2.24) is 5.01 Å². The first kappa shape index (κ1) is 34.0. The van der Waals surface area contributed by atoms with Crippen LogP contribution in [0.4, 0.5) is 11.4 Å². The van der Waals surface area contributed by atoms with E-state index in [0.717, 1.165) is 22.6 Å². The number of carbonyl (C=O) groups excluding carboxylic acids is 4. The highest BCUT2D eigenvalue weighted by molar-refractivity contribution is 6.36. The summed E-state index contributed by atoms with van der Waals surface area (Å²) in [6.07, 6.45) is 3.22. The topological polar surface area (TPSA) is 116 Å². The average molecular weight is 737 g/mol. The van der Waals surface area contributed by atoms with Crippen molar-refractivity contribution in [1.29, 1.82) is 0 Å². The van der Waals surface area contributed by atoms with Gasteiger partial charge in [0.25, 0.3) is 11.8 Å². The highest BCUT2D eigenvalue weighted by atomic mass is 35.5. The number of benzene rings is 4. The molecule has 264 valence electrons. The number of hydrogen-bond acceptors (Lipinski definition) is 7. The van der Waals surface area contributed by atoms with Crippen LogP contribution in [0.25, 0.3) is 0 Å². The molecular weight excluding hydrogens is 701 g/mol. The number of anilines is 2. The van der Waals surface area contributed by atoms with E-state index < -0.39 is 46.8 Å². The van der Waals surface area contributed by atoms with Gasteiger partial charge in [0.2, 0.25) is 11.8 Å². The van der Waals surface area contributed by atoms with Gasteiger partial charge >= 0.3 is 0 Å². The minimum atomic E-state index is -1.51. The fourth-order valence-electron chi connectivity index (χ4n) is 9.06. The predicted molar refractivity (Wildman–Crippen MR) is 197 cm³/mol. The molecule has 3 fully saturated rings. The van der Waals surface area contributed by atoms with Crippen LogP contribution in [0, 0.1) is 23.7 Å². The highest BCUT2D eigenvalue weighted by Gasteiger charge is 2.70. The zero-order valence-corrected chi connectivity index (χ0v) is 29.9. The molecule has 2 aliphatic heterocycles. The quantitative estimate of drug-likeness (QED) is 0.150. The minimum Gasteiger partial charge on any atom is -0.508 e. The Labute approximate surface area is 310 Å². The number of methoxy groups -OCH3 is 1. The summed E-state index contributed by atoms with van der Waals surface area (Å²) in [6, 6.07) is 25.9. The standard InChI is InChI=1S/C41H35Cl2N3O6/c1-3-22-7-12-26(13-8-22)45-37(48)30-17-16-29-31(35(30)39(45)50)21-32-38(49)46(44-34-18-11-25(42)20-33(34)43)40(51)41(32,24-9-14-28(52-2)15-10-24)36(29)23-5-4-6-27(47)19-23/h4-16,18-20,30-32,35-36,44,47H,3,17,21H2,1-2H3. The normalized spacial score (nSPS) is 26.5. The molecule has 0 bridgehead atoms. The molecule has 8 rings (SSSR count). The smallest absolute Gasteiger partial charge is 0.260 e. The summed E-state index contributed by atoms with van der Waals surface area (Å²) in [5.41, 5.74) is 5.35. The molecule has 9 nitrogen and oxygen atoms in total. The molecule has 6 atom stereocenters. The van der Waals surface area contributed by atoms with Crippen LogP contribution in [0.3, 0.4) is 0 Å². The van der Waals surface area contributed by atoms with Crippen molar-refractivity contribution in [2.45, 2.75) is 37.5 Å². The van der Waals surface area contributed by atoms with Gasteiger partial charge in [-0.25, -0.2) is 0 Å². The Hall–Kier alpha value is -5.12. The van der Waals surface area contributed by atoms with E-state index in [2.05, 4.69) is 5.43 Å². The number of phenols is 1. The third-order valence-electron chi connectivity index (χ3n) is 11.4. The number of rotatable bonds is 7. The van der Waals surface area contributed by atoms with Crippen LogP contribution in [-0.4, -0.2) is 40.9 Å². The van der Waals surface area contributed by atoms with Gasteiger partial charge in [-0.15, -0.1) is 0 Å². The average Bonchev–Trinajstić information content (AvgIpc) is 3.53. The maximum Gasteiger partial charge on any atom is 0.260 e. The van der Waals surface area contributed by atoms with Crippen LogP contribution < -0.4 is 15.1 Å². The summed E-state index contributed by atoms with van der Waals surface area (Å²) in [6.45, 7) is 2.04. The maximum atomic E-state index is 15.3. The van der Waals surface area contributed by atoms with E-state index in [4.69, 9.17) is 27.9 Å². The number of halogens is 2. The van der Waals surface area contributed by atoms with Crippen molar-refractivity contribution in [2.24, 2.45) is 23.7 Å². The number of hydrogen-bond donors (Lipinski definition) is 2. The molecule has 2 saturated heterocycles. The van der Waals surface area contributed by atoms with E-state index in [-0.39, 0.29) is 35.4 Å². The summed E-state index contributed by atoms with van der Waals surface area (Å²) < 4.78 is 5.46. The predicted octanol–water partition coefficient (Wildman–Crippen LogP) is 7.46. The van der Waals surface area contributed by atoms with Crippen LogP contribution in [-0.2, 0) is 31.0 Å². The molecule has 4 aromatic rings. The van der Waals surface area contributed by atoms with Crippen LogP contribution >= 0.6 is 23.2 Å². The molecule has 2 heterocycles. The molecule has 2 N–H and O–H groups in total. The van der Waals surface area contributed by atoms with Crippen molar-refractivity contribution in [3.63, 3.8) is 0 Å². The van der Waals surface area contributed by atoms with Crippen molar-refractivity contribution in [2.75, 3.05) is 17.4 Å². The van der Waals surface area contributed by atoms with Crippen LogP contribution in [0.15, 0.2) is 103 Å². The fraction of sp³-hybridized carbons (Fsp3) is 0.268. The summed E-state index contributed by atoms with van der Waals surface area (Å²) in [5, 5.41) is 12.4. The molecular formula is C41H35Cl2N3O6. The second-order valence-electron chi connectivity index (χ2n) is 13.8. The Morgan fingerprint density at radius 3 is 2.31 bits per heavy atom. The Kier molecular flexibility index (Phi) is 8.38. The van der Waals surface area contributed by atoms with Crippen molar-refractivity contribution < 1.29 is 29.0 Å².